The highest BCUT2D eigenvalue weighted by Gasteiger charge is 2.13. The summed E-state index contributed by atoms with van der Waals surface area (Å²) in [5.74, 6) is -0.0508. The Hall–Kier alpha value is -1.61. The first kappa shape index (κ1) is 14.8. The first-order valence-corrected chi connectivity index (χ1v) is 7.40. The molecule has 2 aromatic rings. The van der Waals surface area contributed by atoms with E-state index in [1.165, 1.54) is 5.56 Å². The number of carbonyl (C=O) groups excluding carboxylic acids is 1. The molecule has 1 N–H and O–H groups in total. The second kappa shape index (κ2) is 6.23. The Morgan fingerprint density at radius 3 is 2.50 bits per heavy atom. The first-order valence-electron chi connectivity index (χ1n) is 6.61. The number of hydrogen-bond donors (Lipinski definition) is 1. The number of aryl methyl sites for hydroxylation is 2. The average Bonchev–Trinajstić information content (AvgIpc) is 2.37. The molecule has 0 saturated carbocycles. The van der Waals surface area contributed by atoms with Crippen LogP contribution >= 0.6 is 15.9 Å². The molecule has 0 heterocycles. The zero-order valence-corrected chi connectivity index (χ0v) is 13.5. The summed E-state index contributed by atoms with van der Waals surface area (Å²) in [7, 11) is 0. The minimum absolute atomic E-state index is 0.0111. The highest BCUT2D eigenvalue weighted by Crippen LogP contribution is 2.19. The van der Waals surface area contributed by atoms with E-state index < -0.39 is 0 Å². The fraction of sp³-hybridized carbons (Fsp3) is 0.235. The number of rotatable bonds is 3. The van der Waals surface area contributed by atoms with Crippen LogP contribution in [0.1, 0.15) is 40.0 Å². The summed E-state index contributed by atoms with van der Waals surface area (Å²) in [6, 6.07) is 13.8. The molecule has 20 heavy (non-hydrogen) atoms. The molecule has 0 aliphatic heterocycles. The van der Waals surface area contributed by atoms with E-state index in [0.29, 0.717) is 5.56 Å². The summed E-state index contributed by atoms with van der Waals surface area (Å²) in [5.41, 5.74) is 4.07. The quantitative estimate of drug-likeness (QED) is 0.877. The van der Waals surface area contributed by atoms with E-state index in [0.717, 1.165) is 15.6 Å². The van der Waals surface area contributed by atoms with Crippen molar-refractivity contribution in [1.29, 1.82) is 0 Å². The number of carbonyl (C=O) groups is 1. The molecule has 0 spiro atoms. The Labute approximate surface area is 128 Å². The molecular formula is C17H18BrNO. The van der Waals surface area contributed by atoms with Crippen molar-refractivity contribution in [3.63, 3.8) is 0 Å². The number of nitrogens with one attached hydrogen (secondary N) is 1. The summed E-state index contributed by atoms with van der Waals surface area (Å²) >= 11 is 3.42. The molecular weight excluding hydrogens is 314 g/mol. The lowest BCUT2D eigenvalue weighted by molar-refractivity contribution is 0.0939. The summed E-state index contributed by atoms with van der Waals surface area (Å²) in [4.78, 5) is 12.3. The fourth-order valence-electron chi connectivity index (χ4n) is 2.30. The van der Waals surface area contributed by atoms with Gasteiger partial charge in [0.2, 0.25) is 0 Å². The van der Waals surface area contributed by atoms with E-state index >= 15 is 0 Å². The molecule has 2 rings (SSSR count). The maximum absolute atomic E-state index is 12.3. The van der Waals surface area contributed by atoms with Crippen molar-refractivity contribution >= 4 is 21.8 Å². The predicted molar refractivity (Wildman–Crippen MR) is 85.9 cm³/mol. The average molecular weight is 332 g/mol. The number of benzene rings is 2. The molecule has 0 saturated heterocycles. The Bertz CT molecular complexity index is 616. The SMILES string of the molecule is Cc1cc(Br)cc(C(=O)NC(C)c2ccccc2C)c1. The monoisotopic (exact) mass is 331 g/mol. The molecule has 1 atom stereocenters. The van der Waals surface area contributed by atoms with Crippen LogP contribution in [0, 0.1) is 13.8 Å². The van der Waals surface area contributed by atoms with Gasteiger partial charge in [0.15, 0.2) is 0 Å². The van der Waals surface area contributed by atoms with Crippen LogP contribution in [0.4, 0.5) is 0 Å². The molecule has 1 unspecified atom stereocenters. The molecule has 0 bridgehead atoms. The fourth-order valence-corrected chi connectivity index (χ4v) is 2.91. The molecule has 0 radical (unpaired) electrons. The minimum atomic E-state index is -0.0508. The largest absolute Gasteiger partial charge is 0.346 e. The smallest absolute Gasteiger partial charge is 0.251 e. The summed E-state index contributed by atoms with van der Waals surface area (Å²) in [5, 5.41) is 3.05. The number of amides is 1. The van der Waals surface area contributed by atoms with Gasteiger partial charge < -0.3 is 5.32 Å². The van der Waals surface area contributed by atoms with Crippen molar-refractivity contribution < 1.29 is 4.79 Å². The minimum Gasteiger partial charge on any atom is -0.346 e. The van der Waals surface area contributed by atoms with Crippen LogP contribution < -0.4 is 5.32 Å². The van der Waals surface area contributed by atoms with E-state index in [2.05, 4.69) is 34.2 Å². The van der Waals surface area contributed by atoms with Crippen LogP contribution in [0.15, 0.2) is 46.9 Å². The first-order chi connectivity index (χ1) is 9.47. The van der Waals surface area contributed by atoms with Crippen molar-refractivity contribution in [2.45, 2.75) is 26.8 Å². The van der Waals surface area contributed by atoms with Crippen molar-refractivity contribution in [2.75, 3.05) is 0 Å². The summed E-state index contributed by atoms with van der Waals surface area (Å²) in [6.45, 7) is 6.04. The molecule has 0 fully saturated rings. The molecule has 0 aliphatic rings. The molecule has 2 aromatic carbocycles. The number of halogens is 1. The molecule has 0 aromatic heterocycles. The number of hydrogen-bond acceptors (Lipinski definition) is 1. The Morgan fingerprint density at radius 2 is 1.85 bits per heavy atom. The van der Waals surface area contributed by atoms with E-state index in [4.69, 9.17) is 0 Å². The van der Waals surface area contributed by atoms with Crippen molar-refractivity contribution in [3.05, 3.63) is 69.2 Å². The van der Waals surface area contributed by atoms with Gasteiger partial charge in [-0.05, 0) is 55.7 Å². The third-order valence-electron chi connectivity index (χ3n) is 3.31. The maximum Gasteiger partial charge on any atom is 0.251 e. The van der Waals surface area contributed by atoms with Crippen molar-refractivity contribution in [3.8, 4) is 0 Å². The van der Waals surface area contributed by atoms with E-state index in [1.807, 2.05) is 50.2 Å². The Morgan fingerprint density at radius 1 is 1.15 bits per heavy atom. The van der Waals surface area contributed by atoms with Gasteiger partial charge in [0.25, 0.3) is 5.91 Å². The van der Waals surface area contributed by atoms with Crippen LogP contribution in [-0.4, -0.2) is 5.91 Å². The topological polar surface area (TPSA) is 29.1 Å². The van der Waals surface area contributed by atoms with Gasteiger partial charge >= 0.3 is 0 Å². The van der Waals surface area contributed by atoms with Gasteiger partial charge in [0.1, 0.15) is 0 Å². The molecule has 3 heteroatoms. The lowest BCUT2D eigenvalue weighted by Crippen LogP contribution is -2.27. The highest BCUT2D eigenvalue weighted by atomic mass is 79.9. The molecule has 2 nitrogen and oxygen atoms in total. The predicted octanol–water partition coefficient (Wildman–Crippen LogP) is 4.56. The van der Waals surface area contributed by atoms with Crippen LogP contribution in [0.3, 0.4) is 0 Å². The van der Waals surface area contributed by atoms with Crippen LogP contribution in [0.5, 0.6) is 0 Å². The van der Waals surface area contributed by atoms with E-state index in [9.17, 15) is 4.79 Å². The lowest BCUT2D eigenvalue weighted by Gasteiger charge is -2.17. The Kier molecular flexibility index (Phi) is 4.61. The van der Waals surface area contributed by atoms with Crippen LogP contribution in [0.2, 0.25) is 0 Å². The third kappa shape index (κ3) is 3.48. The summed E-state index contributed by atoms with van der Waals surface area (Å²) < 4.78 is 0.922. The molecule has 104 valence electrons. The van der Waals surface area contributed by atoms with E-state index in [-0.39, 0.29) is 11.9 Å². The lowest BCUT2D eigenvalue weighted by atomic mass is 10.0. The third-order valence-corrected chi connectivity index (χ3v) is 3.76. The zero-order valence-electron chi connectivity index (χ0n) is 11.9. The van der Waals surface area contributed by atoms with Gasteiger partial charge in [-0.3, -0.25) is 4.79 Å². The standard InChI is InChI=1S/C17H18BrNO/c1-11-8-14(10-15(18)9-11)17(20)19-13(3)16-7-5-4-6-12(16)2/h4-10,13H,1-3H3,(H,19,20). The van der Waals surface area contributed by atoms with Crippen molar-refractivity contribution in [1.82, 2.24) is 5.32 Å². The van der Waals surface area contributed by atoms with Crippen molar-refractivity contribution in [2.24, 2.45) is 0 Å². The van der Waals surface area contributed by atoms with Crippen LogP contribution in [-0.2, 0) is 0 Å². The van der Waals surface area contributed by atoms with Gasteiger partial charge in [-0.1, -0.05) is 40.2 Å². The van der Waals surface area contributed by atoms with Crippen LogP contribution in [0.25, 0.3) is 0 Å². The molecule has 0 aliphatic carbocycles. The normalized spacial score (nSPS) is 12.0. The van der Waals surface area contributed by atoms with Gasteiger partial charge in [0.05, 0.1) is 6.04 Å². The maximum atomic E-state index is 12.3. The van der Waals surface area contributed by atoms with Gasteiger partial charge in [0, 0.05) is 10.0 Å². The second-order valence-corrected chi connectivity index (χ2v) is 5.98. The zero-order chi connectivity index (χ0) is 14.7. The van der Waals surface area contributed by atoms with Gasteiger partial charge in [-0.25, -0.2) is 0 Å². The van der Waals surface area contributed by atoms with E-state index in [1.54, 1.807) is 0 Å². The van der Waals surface area contributed by atoms with Gasteiger partial charge in [-0.2, -0.15) is 0 Å². The summed E-state index contributed by atoms with van der Waals surface area (Å²) in [6.07, 6.45) is 0. The van der Waals surface area contributed by atoms with Gasteiger partial charge in [-0.15, -0.1) is 0 Å². The second-order valence-electron chi connectivity index (χ2n) is 5.07. The highest BCUT2D eigenvalue weighted by molar-refractivity contribution is 9.10. The Balaban J connectivity index is 2.17. The molecule has 1 amide bonds.